The zero-order chi connectivity index (χ0) is 18.7. The van der Waals surface area contributed by atoms with Crippen LogP contribution in [-0.2, 0) is 25.4 Å². The van der Waals surface area contributed by atoms with Gasteiger partial charge in [-0.1, -0.05) is 36.4 Å². The maximum absolute atomic E-state index is 12.3. The molecule has 0 spiro atoms. The van der Waals surface area contributed by atoms with Crippen molar-refractivity contribution in [3.05, 3.63) is 75.7 Å². The molecule has 1 amide bonds. The number of hydrogen-bond acceptors (Lipinski definition) is 3. The Balaban J connectivity index is 1.85. The van der Waals surface area contributed by atoms with Gasteiger partial charge < -0.3 is 5.32 Å². The molecule has 1 heterocycles. The summed E-state index contributed by atoms with van der Waals surface area (Å²) < 4.78 is 3.09. The van der Waals surface area contributed by atoms with Gasteiger partial charge in [-0.15, -0.1) is 0 Å². The molecule has 26 heavy (non-hydrogen) atoms. The molecule has 0 radical (unpaired) electrons. The number of rotatable bonds is 4. The van der Waals surface area contributed by atoms with Crippen LogP contribution in [0.5, 0.6) is 0 Å². The predicted octanol–water partition coefficient (Wildman–Crippen LogP) is 2.10. The second-order valence-electron chi connectivity index (χ2n) is 5.99. The molecular weight excluding hydrogens is 328 g/mol. The van der Waals surface area contributed by atoms with Gasteiger partial charge in [-0.3, -0.25) is 13.9 Å². The maximum Gasteiger partial charge on any atom is 0.328 e. The molecule has 6 heteroatoms. The second-order valence-corrected chi connectivity index (χ2v) is 5.99. The van der Waals surface area contributed by atoms with Crippen LogP contribution in [0.25, 0.3) is 17.1 Å². The first kappa shape index (κ1) is 17.2. The van der Waals surface area contributed by atoms with Crippen LogP contribution in [0.2, 0.25) is 0 Å². The fraction of sp³-hybridized carbons (Fsp3) is 0.150. The van der Waals surface area contributed by atoms with Crippen LogP contribution in [0.15, 0.2) is 58.9 Å². The molecule has 0 aliphatic heterocycles. The van der Waals surface area contributed by atoms with E-state index in [0.29, 0.717) is 12.1 Å². The molecule has 3 rings (SSSR count). The lowest BCUT2D eigenvalue weighted by Gasteiger charge is -2.04. The molecule has 0 unspecified atom stereocenters. The summed E-state index contributed by atoms with van der Waals surface area (Å²) in [5.74, 6) is -0.432. The Bertz CT molecular complexity index is 1100. The van der Waals surface area contributed by atoms with Gasteiger partial charge in [0, 0.05) is 20.6 Å². The molecule has 3 aromatic rings. The lowest BCUT2D eigenvalue weighted by atomic mass is 10.1. The van der Waals surface area contributed by atoms with Crippen molar-refractivity contribution in [3.8, 4) is 6.07 Å². The third-order valence-electron chi connectivity index (χ3n) is 4.27. The minimum absolute atomic E-state index is 0.0150. The molecule has 1 aromatic heterocycles. The summed E-state index contributed by atoms with van der Waals surface area (Å²) in [5.41, 5.74) is 3.07. The van der Waals surface area contributed by atoms with E-state index in [2.05, 4.69) is 5.32 Å². The Morgan fingerprint density at radius 2 is 1.81 bits per heavy atom. The predicted molar refractivity (Wildman–Crippen MR) is 100 cm³/mol. The Morgan fingerprint density at radius 1 is 1.12 bits per heavy atom. The number of carbonyl (C=O) groups is 1. The number of benzene rings is 2. The highest BCUT2D eigenvalue weighted by molar-refractivity contribution is 6.02. The third kappa shape index (κ3) is 3.28. The first-order chi connectivity index (χ1) is 12.5. The van der Waals surface area contributed by atoms with Crippen molar-refractivity contribution in [1.82, 2.24) is 14.5 Å². The lowest BCUT2D eigenvalue weighted by Crippen LogP contribution is -2.23. The topological polar surface area (TPSA) is 79.8 Å². The van der Waals surface area contributed by atoms with Crippen LogP contribution in [0.1, 0.15) is 11.1 Å². The van der Waals surface area contributed by atoms with Gasteiger partial charge in [0.1, 0.15) is 11.6 Å². The Labute approximate surface area is 150 Å². The van der Waals surface area contributed by atoms with Crippen LogP contribution in [0, 0.1) is 11.3 Å². The van der Waals surface area contributed by atoms with Gasteiger partial charge in [0.2, 0.25) is 0 Å². The highest BCUT2D eigenvalue weighted by atomic mass is 16.2. The minimum Gasteiger partial charge on any atom is -0.347 e. The van der Waals surface area contributed by atoms with E-state index in [0.717, 1.165) is 16.6 Å². The standard InChI is InChI=1S/C20H18N4O2/c1-23-17-9-8-15(11-18(17)24(2)20(23)26)10-16(12-21)19(25)22-13-14-6-4-3-5-7-14/h3-11H,13H2,1-2H3,(H,22,25)/b16-10-. The van der Waals surface area contributed by atoms with Gasteiger partial charge in [-0.05, 0) is 29.3 Å². The van der Waals surface area contributed by atoms with Gasteiger partial charge in [0.05, 0.1) is 11.0 Å². The monoisotopic (exact) mass is 346 g/mol. The smallest absolute Gasteiger partial charge is 0.328 e. The van der Waals surface area contributed by atoms with Crippen molar-refractivity contribution in [1.29, 1.82) is 5.26 Å². The van der Waals surface area contributed by atoms with Crippen LogP contribution in [0.3, 0.4) is 0 Å². The van der Waals surface area contributed by atoms with Gasteiger partial charge in [0.25, 0.3) is 5.91 Å². The molecule has 0 aliphatic carbocycles. The molecule has 130 valence electrons. The number of aryl methyl sites for hydroxylation is 2. The van der Waals surface area contributed by atoms with E-state index in [1.54, 1.807) is 36.9 Å². The molecule has 0 atom stereocenters. The minimum atomic E-state index is -0.432. The van der Waals surface area contributed by atoms with E-state index in [1.165, 1.54) is 10.6 Å². The molecule has 6 nitrogen and oxygen atoms in total. The summed E-state index contributed by atoms with van der Waals surface area (Å²) in [5, 5.41) is 12.1. The van der Waals surface area contributed by atoms with E-state index in [1.807, 2.05) is 36.4 Å². The highest BCUT2D eigenvalue weighted by Crippen LogP contribution is 2.16. The third-order valence-corrected chi connectivity index (χ3v) is 4.27. The number of fused-ring (bicyclic) bond motifs is 1. The molecule has 0 saturated carbocycles. The average Bonchev–Trinajstić information content (AvgIpc) is 2.89. The summed E-state index contributed by atoms with van der Waals surface area (Å²) in [7, 11) is 3.40. The maximum atomic E-state index is 12.3. The number of carbonyl (C=O) groups excluding carboxylic acids is 1. The first-order valence-electron chi connectivity index (χ1n) is 8.10. The van der Waals surface area contributed by atoms with E-state index in [9.17, 15) is 14.9 Å². The van der Waals surface area contributed by atoms with Crippen LogP contribution in [0.4, 0.5) is 0 Å². The molecule has 0 bridgehead atoms. The quantitative estimate of drug-likeness (QED) is 0.580. The Hall–Kier alpha value is -3.59. The molecule has 1 N–H and O–H groups in total. The summed E-state index contributed by atoms with van der Waals surface area (Å²) >= 11 is 0. The van der Waals surface area contributed by atoms with Gasteiger partial charge in [-0.2, -0.15) is 5.26 Å². The van der Waals surface area contributed by atoms with Gasteiger partial charge in [-0.25, -0.2) is 4.79 Å². The number of imidazole rings is 1. The normalized spacial score (nSPS) is 11.3. The number of nitrogens with one attached hydrogen (secondary N) is 1. The van der Waals surface area contributed by atoms with E-state index >= 15 is 0 Å². The zero-order valence-corrected chi connectivity index (χ0v) is 14.6. The molecule has 0 saturated heterocycles. The summed E-state index contributed by atoms with van der Waals surface area (Å²) in [6.07, 6.45) is 1.53. The number of aromatic nitrogens is 2. The second kappa shape index (κ2) is 7.11. The van der Waals surface area contributed by atoms with E-state index in [-0.39, 0.29) is 11.3 Å². The Morgan fingerprint density at radius 3 is 2.50 bits per heavy atom. The lowest BCUT2D eigenvalue weighted by molar-refractivity contribution is -0.117. The largest absolute Gasteiger partial charge is 0.347 e. The first-order valence-corrected chi connectivity index (χ1v) is 8.10. The van der Waals surface area contributed by atoms with Crippen LogP contribution >= 0.6 is 0 Å². The summed E-state index contributed by atoms with van der Waals surface area (Å²) in [6, 6.07) is 16.8. The number of hydrogen-bond donors (Lipinski definition) is 1. The van der Waals surface area contributed by atoms with E-state index < -0.39 is 5.91 Å². The fourth-order valence-electron chi connectivity index (χ4n) is 2.80. The molecular formula is C20H18N4O2. The zero-order valence-electron chi connectivity index (χ0n) is 14.6. The van der Waals surface area contributed by atoms with Crippen molar-refractivity contribution < 1.29 is 4.79 Å². The Kier molecular flexibility index (Phi) is 4.72. The van der Waals surface area contributed by atoms with Crippen molar-refractivity contribution >= 4 is 23.0 Å². The van der Waals surface area contributed by atoms with Crippen molar-refractivity contribution in [2.45, 2.75) is 6.54 Å². The van der Waals surface area contributed by atoms with E-state index in [4.69, 9.17) is 0 Å². The van der Waals surface area contributed by atoms with Crippen molar-refractivity contribution in [2.24, 2.45) is 14.1 Å². The SMILES string of the molecule is Cn1c(=O)n(C)c2cc(/C=C(/C#N)C(=O)NCc3ccccc3)ccc21. The van der Waals surface area contributed by atoms with Gasteiger partial charge in [0.15, 0.2) is 0 Å². The highest BCUT2D eigenvalue weighted by Gasteiger charge is 2.11. The summed E-state index contributed by atoms with van der Waals surface area (Å²) in [6.45, 7) is 0.352. The summed E-state index contributed by atoms with van der Waals surface area (Å²) in [4.78, 5) is 24.3. The van der Waals surface area contributed by atoms with Crippen molar-refractivity contribution in [3.63, 3.8) is 0 Å². The molecule has 0 fully saturated rings. The number of nitriles is 1. The van der Waals surface area contributed by atoms with Crippen molar-refractivity contribution in [2.75, 3.05) is 0 Å². The molecule has 2 aromatic carbocycles. The fourth-order valence-corrected chi connectivity index (χ4v) is 2.80. The number of nitrogens with zero attached hydrogens (tertiary/aromatic N) is 3. The van der Waals surface area contributed by atoms with Crippen LogP contribution < -0.4 is 11.0 Å². The molecule has 0 aliphatic rings. The van der Waals surface area contributed by atoms with Crippen LogP contribution in [-0.4, -0.2) is 15.0 Å². The number of amides is 1. The van der Waals surface area contributed by atoms with Gasteiger partial charge >= 0.3 is 5.69 Å². The average molecular weight is 346 g/mol.